The minimum Gasteiger partial charge on any atom is -0.364 e. The molecule has 9 nitrogen and oxygen atoms in total. The molecular formula is C26H24ClFN6O3S. The molecule has 3 heterocycles. The van der Waals surface area contributed by atoms with Crippen LogP contribution in [0.3, 0.4) is 0 Å². The van der Waals surface area contributed by atoms with Crippen LogP contribution < -0.4 is 11.1 Å². The highest BCUT2D eigenvalue weighted by Gasteiger charge is 2.62. The number of rotatable bonds is 6. The summed E-state index contributed by atoms with van der Waals surface area (Å²) in [7, 11) is 0. The first kappa shape index (κ1) is 24.9. The predicted octanol–water partition coefficient (Wildman–Crippen LogP) is 2.80. The van der Waals surface area contributed by atoms with Crippen molar-refractivity contribution in [2.75, 3.05) is 18.4 Å². The lowest BCUT2D eigenvalue weighted by Gasteiger charge is -2.30. The molecule has 12 heteroatoms. The van der Waals surface area contributed by atoms with Crippen molar-refractivity contribution in [3.63, 3.8) is 0 Å². The summed E-state index contributed by atoms with van der Waals surface area (Å²) in [6.07, 6.45) is 0. The van der Waals surface area contributed by atoms with Gasteiger partial charge in [-0.3, -0.25) is 24.4 Å². The zero-order valence-corrected chi connectivity index (χ0v) is 21.8. The molecule has 1 saturated carbocycles. The van der Waals surface area contributed by atoms with E-state index in [1.165, 1.54) is 22.8 Å². The molecule has 0 bridgehead atoms. The summed E-state index contributed by atoms with van der Waals surface area (Å²) in [6, 6.07) is 10.4. The van der Waals surface area contributed by atoms with Crippen LogP contribution in [-0.4, -0.2) is 69.4 Å². The Morgan fingerprint density at radius 2 is 1.95 bits per heavy atom. The highest BCUT2D eigenvalue weighted by molar-refractivity contribution is 8.12. The first-order chi connectivity index (χ1) is 18.3. The summed E-state index contributed by atoms with van der Waals surface area (Å²) in [6.45, 7) is 2.36. The van der Waals surface area contributed by atoms with Gasteiger partial charge in [-0.05, 0) is 29.9 Å². The molecular weight excluding hydrogens is 531 g/mol. The van der Waals surface area contributed by atoms with Crippen LogP contribution in [0.1, 0.15) is 6.92 Å². The number of piperidine rings is 1. The number of hydrogen-bond acceptors (Lipinski definition) is 7. The van der Waals surface area contributed by atoms with Crippen LogP contribution in [-0.2, 0) is 14.4 Å². The standard InChI is InChI=1S/C26H24ClFN6O3S/c1-12-15-9-33(18(35)10-34-26-22(30-11-38-26)21(32-34)24(29)36)23(19(12)15)25(37)31-17-8-4-6-14(20(17)28)13-5-2-3-7-16(13)27/h2-8,11-12,15,19,22-23,26H,9-10H2,1H3,(H2,29,36)(H,31,37)/t12-,15+,19-,22?,23-,26?/m0/s1. The van der Waals surface area contributed by atoms with Gasteiger partial charge in [0.05, 0.1) is 11.2 Å². The number of thioether (sulfide) groups is 1. The quantitative estimate of drug-likeness (QED) is 0.569. The molecule has 3 amide bonds. The molecule has 2 unspecified atom stereocenters. The van der Waals surface area contributed by atoms with E-state index in [-0.39, 0.29) is 52.5 Å². The zero-order valence-electron chi connectivity index (χ0n) is 20.3. The van der Waals surface area contributed by atoms with E-state index in [0.29, 0.717) is 17.1 Å². The minimum absolute atomic E-state index is 0.00559. The van der Waals surface area contributed by atoms with Gasteiger partial charge in [0.25, 0.3) is 5.91 Å². The van der Waals surface area contributed by atoms with Gasteiger partial charge in [-0.25, -0.2) is 4.39 Å². The lowest BCUT2D eigenvalue weighted by Crippen LogP contribution is -2.50. The Morgan fingerprint density at radius 3 is 2.71 bits per heavy atom. The molecule has 1 saturated heterocycles. The van der Waals surface area contributed by atoms with E-state index in [4.69, 9.17) is 17.3 Å². The van der Waals surface area contributed by atoms with Crippen molar-refractivity contribution in [3.8, 4) is 11.1 Å². The Labute approximate surface area is 227 Å². The topological polar surface area (TPSA) is 120 Å². The number of primary amides is 1. The number of fused-ring (bicyclic) bond motifs is 2. The third-order valence-electron chi connectivity index (χ3n) is 7.81. The number of nitrogens with zero attached hydrogens (tertiary/aromatic N) is 4. The Balaban J connectivity index is 1.21. The average molecular weight is 555 g/mol. The van der Waals surface area contributed by atoms with Gasteiger partial charge in [-0.15, -0.1) is 0 Å². The zero-order chi connectivity index (χ0) is 26.7. The normalized spacial score (nSPS) is 28.7. The number of amides is 3. The maximum absolute atomic E-state index is 15.5. The number of hydrogen-bond donors (Lipinski definition) is 2. The van der Waals surface area contributed by atoms with Crippen molar-refractivity contribution >= 4 is 58.0 Å². The highest BCUT2D eigenvalue weighted by atomic mass is 35.5. The van der Waals surface area contributed by atoms with E-state index in [1.54, 1.807) is 46.8 Å². The number of nitrogens with two attached hydrogens (primary N) is 1. The van der Waals surface area contributed by atoms with E-state index < -0.39 is 29.7 Å². The fraction of sp³-hybridized carbons (Fsp3) is 0.346. The average Bonchev–Trinajstić information content (AvgIpc) is 3.31. The molecule has 4 aliphatic rings. The van der Waals surface area contributed by atoms with Gasteiger partial charge < -0.3 is 16.0 Å². The summed E-state index contributed by atoms with van der Waals surface area (Å²) in [5.74, 6) is -1.53. The SMILES string of the molecule is C[C@H]1[C@H]2CN(C(=O)CN3N=C(C(N)=O)C4N=CSC43)[C@H](C(=O)Nc3cccc(-c4ccccc4Cl)c3F)[C@@H]12. The number of hydrazone groups is 1. The van der Waals surface area contributed by atoms with Crippen LogP contribution in [0.4, 0.5) is 10.1 Å². The first-order valence-corrected chi connectivity index (χ1v) is 13.5. The number of anilines is 1. The monoisotopic (exact) mass is 554 g/mol. The van der Waals surface area contributed by atoms with Gasteiger partial charge in [0.1, 0.15) is 24.0 Å². The van der Waals surface area contributed by atoms with Gasteiger partial charge in [0.15, 0.2) is 11.5 Å². The van der Waals surface area contributed by atoms with Crippen LogP contribution in [0.25, 0.3) is 11.1 Å². The van der Waals surface area contributed by atoms with E-state index >= 15 is 4.39 Å². The maximum atomic E-state index is 15.5. The van der Waals surface area contributed by atoms with E-state index in [9.17, 15) is 14.4 Å². The molecule has 2 aromatic rings. The number of carbonyl (C=O) groups excluding carboxylic acids is 3. The highest BCUT2D eigenvalue weighted by Crippen LogP contribution is 2.55. The van der Waals surface area contributed by atoms with Crippen LogP contribution >= 0.6 is 23.4 Å². The summed E-state index contributed by atoms with van der Waals surface area (Å²) in [4.78, 5) is 44.5. The second-order valence-corrected chi connectivity index (χ2v) is 11.3. The molecule has 0 spiro atoms. The smallest absolute Gasteiger partial charge is 0.267 e. The molecule has 6 atom stereocenters. The van der Waals surface area contributed by atoms with Crippen molar-refractivity contribution in [2.24, 2.45) is 33.6 Å². The van der Waals surface area contributed by atoms with Crippen molar-refractivity contribution in [2.45, 2.75) is 24.4 Å². The number of carbonyl (C=O) groups is 3. The molecule has 0 radical (unpaired) electrons. The predicted molar refractivity (Wildman–Crippen MR) is 144 cm³/mol. The van der Waals surface area contributed by atoms with Crippen molar-refractivity contribution in [1.82, 2.24) is 9.91 Å². The Bertz CT molecular complexity index is 1420. The van der Waals surface area contributed by atoms with Crippen LogP contribution in [0.15, 0.2) is 52.6 Å². The first-order valence-electron chi connectivity index (χ1n) is 12.2. The molecule has 6 rings (SSSR count). The number of likely N-dealkylation sites (tertiary alicyclic amines) is 1. The van der Waals surface area contributed by atoms with Crippen molar-refractivity contribution in [1.29, 1.82) is 0 Å². The third-order valence-corrected chi connectivity index (χ3v) is 9.16. The molecule has 0 aromatic heterocycles. The lowest BCUT2D eigenvalue weighted by molar-refractivity contribution is -0.139. The van der Waals surface area contributed by atoms with Crippen LogP contribution in [0.5, 0.6) is 0 Å². The largest absolute Gasteiger partial charge is 0.364 e. The van der Waals surface area contributed by atoms with Gasteiger partial charge >= 0.3 is 0 Å². The summed E-state index contributed by atoms with van der Waals surface area (Å²) in [5.41, 5.74) is 8.00. The second kappa shape index (κ2) is 9.39. The maximum Gasteiger partial charge on any atom is 0.267 e. The van der Waals surface area contributed by atoms with Gasteiger partial charge in [0.2, 0.25) is 11.8 Å². The number of aliphatic imine (C=N–C) groups is 1. The Morgan fingerprint density at radius 1 is 1.18 bits per heavy atom. The van der Waals surface area contributed by atoms with E-state index in [0.717, 1.165) is 0 Å². The van der Waals surface area contributed by atoms with Crippen LogP contribution in [0.2, 0.25) is 5.02 Å². The van der Waals surface area contributed by atoms with Crippen LogP contribution in [0, 0.1) is 23.6 Å². The summed E-state index contributed by atoms with van der Waals surface area (Å²) >= 11 is 7.63. The number of nitrogens with one attached hydrogen (secondary N) is 1. The Kier molecular flexibility index (Phi) is 6.14. The molecule has 2 fully saturated rings. The van der Waals surface area contributed by atoms with Gasteiger partial charge in [-0.2, -0.15) is 5.10 Å². The van der Waals surface area contributed by atoms with E-state index in [2.05, 4.69) is 22.3 Å². The fourth-order valence-corrected chi connectivity index (χ4v) is 6.96. The molecule has 196 valence electrons. The lowest BCUT2D eigenvalue weighted by atomic mass is 10.0. The number of halogens is 2. The van der Waals surface area contributed by atoms with Crippen molar-refractivity contribution in [3.05, 3.63) is 53.3 Å². The van der Waals surface area contributed by atoms with Gasteiger partial charge in [0, 0.05) is 22.7 Å². The van der Waals surface area contributed by atoms with Crippen molar-refractivity contribution < 1.29 is 18.8 Å². The number of benzene rings is 2. The summed E-state index contributed by atoms with van der Waals surface area (Å²) in [5, 5.41) is 8.56. The molecule has 2 aromatic carbocycles. The molecule has 3 aliphatic heterocycles. The molecule has 3 N–H and O–H groups in total. The fourth-order valence-electron chi connectivity index (χ4n) is 5.79. The Hall–Kier alpha value is -3.44. The second-order valence-electron chi connectivity index (χ2n) is 9.90. The molecule has 1 aliphatic carbocycles. The third kappa shape index (κ3) is 4.04. The minimum atomic E-state index is -0.739. The van der Waals surface area contributed by atoms with E-state index in [1.807, 2.05) is 0 Å². The van der Waals surface area contributed by atoms with Gasteiger partial charge in [-0.1, -0.05) is 60.6 Å². The molecule has 38 heavy (non-hydrogen) atoms. The summed E-state index contributed by atoms with van der Waals surface area (Å²) < 4.78 is 15.5.